The molecule has 0 bridgehead atoms. The highest BCUT2D eigenvalue weighted by Crippen LogP contribution is 2.23. The maximum absolute atomic E-state index is 5.90. The minimum absolute atomic E-state index is 0.309. The van der Waals surface area contributed by atoms with E-state index in [1.807, 2.05) is 12.3 Å². The van der Waals surface area contributed by atoms with Crippen LogP contribution in [0.4, 0.5) is 0 Å². The van der Waals surface area contributed by atoms with Gasteiger partial charge in [-0.25, -0.2) is 9.97 Å². The molecule has 0 radical (unpaired) electrons. The molecule has 2 fully saturated rings. The molecule has 5 heteroatoms. The third kappa shape index (κ3) is 2.88. The number of hydrogen-bond donors (Lipinski definition) is 0. The van der Waals surface area contributed by atoms with E-state index in [1.165, 1.54) is 12.8 Å². The third-order valence-corrected chi connectivity index (χ3v) is 4.73. The van der Waals surface area contributed by atoms with Crippen molar-refractivity contribution >= 4 is 11.2 Å². The second-order valence-corrected chi connectivity index (χ2v) is 6.41. The van der Waals surface area contributed by atoms with E-state index in [0.717, 1.165) is 62.6 Å². The molecule has 0 aromatic carbocycles. The van der Waals surface area contributed by atoms with Crippen molar-refractivity contribution in [3.63, 3.8) is 0 Å². The van der Waals surface area contributed by atoms with Crippen LogP contribution in [0.15, 0.2) is 18.3 Å². The fourth-order valence-electron chi connectivity index (χ4n) is 3.51. The number of nitrogens with zero attached hydrogens (tertiary/aromatic N) is 3. The van der Waals surface area contributed by atoms with E-state index in [9.17, 15) is 0 Å². The highest BCUT2D eigenvalue weighted by atomic mass is 16.5. The zero-order chi connectivity index (χ0) is 14.8. The lowest BCUT2D eigenvalue weighted by Crippen LogP contribution is -2.24. The average molecular weight is 301 g/mol. The van der Waals surface area contributed by atoms with E-state index in [4.69, 9.17) is 14.5 Å². The van der Waals surface area contributed by atoms with Crippen LogP contribution >= 0.6 is 0 Å². The van der Waals surface area contributed by atoms with E-state index in [1.54, 1.807) is 0 Å². The molecular formula is C17H23N3O2. The lowest BCUT2D eigenvalue weighted by molar-refractivity contribution is 0.0151. The van der Waals surface area contributed by atoms with Crippen molar-refractivity contribution < 1.29 is 9.47 Å². The molecule has 0 spiro atoms. The largest absolute Gasteiger partial charge is 0.381 e. The summed E-state index contributed by atoms with van der Waals surface area (Å²) in [4.78, 5) is 9.38. The van der Waals surface area contributed by atoms with Gasteiger partial charge in [-0.15, -0.1) is 0 Å². The van der Waals surface area contributed by atoms with Gasteiger partial charge in [0.05, 0.1) is 12.7 Å². The fourth-order valence-corrected chi connectivity index (χ4v) is 3.51. The summed E-state index contributed by atoms with van der Waals surface area (Å²) >= 11 is 0. The topological polar surface area (TPSA) is 49.2 Å². The van der Waals surface area contributed by atoms with E-state index in [0.29, 0.717) is 12.0 Å². The number of hydrogen-bond acceptors (Lipinski definition) is 4. The molecule has 4 heterocycles. The Hall–Kier alpha value is -1.46. The maximum atomic E-state index is 5.90. The molecule has 2 unspecified atom stereocenters. The minimum Gasteiger partial charge on any atom is -0.381 e. The van der Waals surface area contributed by atoms with Crippen LogP contribution < -0.4 is 0 Å². The number of ether oxygens (including phenoxy) is 2. The van der Waals surface area contributed by atoms with Crippen LogP contribution in [0, 0.1) is 5.92 Å². The van der Waals surface area contributed by atoms with Crippen LogP contribution in [-0.4, -0.2) is 40.5 Å². The van der Waals surface area contributed by atoms with Gasteiger partial charge in [0.25, 0.3) is 0 Å². The zero-order valence-electron chi connectivity index (χ0n) is 12.9. The first-order valence-corrected chi connectivity index (χ1v) is 8.39. The quantitative estimate of drug-likeness (QED) is 0.871. The standard InChI is InChI=1S/C17H23N3O2/c1-2-8-22-14(4-1)10-16-19-15-5-3-7-18-17(15)20(16)11-13-6-9-21-12-13/h3,5,7,13-14H,1-2,4,6,8-12H2. The Bertz CT molecular complexity index is 628. The predicted octanol–water partition coefficient (Wildman–Crippen LogP) is 2.58. The van der Waals surface area contributed by atoms with Gasteiger partial charge >= 0.3 is 0 Å². The summed E-state index contributed by atoms with van der Waals surface area (Å²) in [7, 11) is 0. The smallest absolute Gasteiger partial charge is 0.159 e. The van der Waals surface area contributed by atoms with Crippen LogP contribution in [0.3, 0.4) is 0 Å². The average Bonchev–Trinajstić information content (AvgIpc) is 3.18. The number of aromatic nitrogens is 3. The summed E-state index contributed by atoms with van der Waals surface area (Å²) < 4.78 is 13.7. The summed E-state index contributed by atoms with van der Waals surface area (Å²) in [5, 5.41) is 0. The molecule has 5 nitrogen and oxygen atoms in total. The highest BCUT2D eigenvalue weighted by molar-refractivity contribution is 5.71. The van der Waals surface area contributed by atoms with Crippen molar-refractivity contribution in [2.75, 3.05) is 19.8 Å². The predicted molar refractivity (Wildman–Crippen MR) is 83.7 cm³/mol. The minimum atomic E-state index is 0.309. The van der Waals surface area contributed by atoms with E-state index < -0.39 is 0 Å². The van der Waals surface area contributed by atoms with Crippen LogP contribution in [0.1, 0.15) is 31.5 Å². The molecule has 0 saturated carbocycles. The van der Waals surface area contributed by atoms with Crippen LogP contribution in [0.5, 0.6) is 0 Å². The fraction of sp³-hybridized carbons (Fsp3) is 0.647. The number of pyridine rings is 1. The second-order valence-electron chi connectivity index (χ2n) is 6.41. The molecule has 2 saturated heterocycles. The van der Waals surface area contributed by atoms with Crippen molar-refractivity contribution in [1.82, 2.24) is 14.5 Å². The Morgan fingerprint density at radius 2 is 2.23 bits per heavy atom. The van der Waals surface area contributed by atoms with Crippen molar-refractivity contribution in [2.24, 2.45) is 5.92 Å². The molecule has 0 aliphatic carbocycles. The van der Waals surface area contributed by atoms with Gasteiger partial charge in [-0.2, -0.15) is 0 Å². The molecule has 4 rings (SSSR count). The van der Waals surface area contributed by atoms with Gasteiger partial charge in [0.2, 0.25) is 0 Å². The van der Waals surface area contributed by atoms with Gasteiger partial charge < -0.3 is 14.0 Å². The first kappa shape index (κ1) is 14.2. The van der Waals surface area contributed by atoms with Crippen LogP contribution in [0.2, 0.25) is 0 Å². The normalized spacial score (nSPS) is 25.8. The molecule has 0 N–H and O–H groups in total. The van der Waals surface area contributed by atoms with E-state index in [2.05, 4.69) is 15.6 Å². The van der Waals surface area contributed by atoms with E-state index in [-0.39, 0.29) is 0 Å². The summed E-state index contributed by atoms with van der Waals surface area (Å²) in [6.45, 7) is 3.58. The molecule has 2 atom stereocenters. The summed E-state index contributed by atoms with van der Waals surface area (Å²) in [5.74, 6) is 1.69. The summed E-state index contributed by atoms with van der Waals surface area (Å²) in [6.07, 6.45) is 7.78. The summed E-state index contributed by atoms with van der Waals surface area (Å²) in [6, 6.07) is 4.01. The van der Waals surface area contributed by atoms with Crippen LogP contribution in [-0.2, 0) is 22.4 Å². The first-order valence-electron chi connectivity index (χ1n) is 8.39. The SMILES string of the molecule is c1cnc2c(c1)nc(CC1CCCCO1)n2CC1CCOC1. The Morgan fingerprint density at radius 1 is 1.23 bits per heavy atom. The number of imidazole rings is 1. The third-order valence-electron chi connectivity index (χ3n) is 4.73. The molecule has 2 aliphatic rings. The molecule has 2 aromatic heterocycles. The zero-order valence-corrected chi connectivity index (χ0v) is 12.9. The Morgan fingerprint density at radius 3 is 3.05 bits per heavy atom. The number of rotatable bonds is 4. The Labute approximate surface area is 130 Å². The Kier molecular flexibility index (Phi) is 4.08. The molecule has 118 valence electrons. The lowest BCUT2D eigenvalue weighted by Gasteiger charge is -2.23. The van der Waals surface area contributed by atoms with Gasteiger partial charge in [0, 0.05) is 38.3 Å². The van der Waals surface area contributed by atoms with Gasteiger partial charge in [-0.05, 0) is 37.8 Å². The monoisotopic (exact) mass is 301 g/mol. The summed E-state index contributed by atoms with van der Waals surface area (Å²) in [5.41, 5.74) is 1.99. The van der Waals surface area contributed by atoms with Crippen LogP contribution in [0.25, 0.3) is 11.2 Å². The molecule has 0 amide bonds. The van der Waals surface area contributed by atoms with E-state index >= 15 is 0 Å². The van der Waals surface area contributed by atoms with Gasteiger partial charge in [0.15, 0.2) is 5.65 Å². The molecule has 2 aromatic rings. The van der Waals surface area contributed by atoms with Gasteiger partial charge in [0.1, 0.15) is 11.3 Å². The second kappa shape index (κ2) is 6.34. The van der Waals surface area contributed by atoms with Crippen molar-refractivity contribution in [1.29, 1.82) is 0 Å². The molecule has 2 aliphatic heterocycles. The number of fused-ring (bicyclic) bond motifs is 1. The molecular weight excluding hydrogens is 278 g/mol. The Balaban J connectivity index is 1.62. The van der Waals surface area contributed by atoms with Crippen molar-refractivity contribution in [2.45, 2.75) is 44.8 Å². The maximum Gasteiger partial charge on any atom is 0.159 e. The lowest BCUT2D eigenvalue weighted by atomic mass is 10.1. The molecule has 22 heavy (non-hydrogen) atoms. The first-order chi connectivity index (χ1) is 10.9. The van der Waals surface area contributed by atoms with Crippen molar-refractivity contribution in [3.8, 4) is 0 Å². The van der Waals surface area contributed by atoms with Crippen molar-refractivity contribution in [3.05, 3.63) is 24.2 Å². The van der Waals surface area contributed by atoms with Gasteiger partial charge in [-0.1, -0.05) is 0 Å². The highest BCUT2D eigenvalue weighted by Gasteiger charge is 2.23. The van der Waals surface area contributed by atoms with Gasteiger partial charge in [-0.3, -0.25) is 0 Å².